The Morgan fingerprint density at radius 1 is 1.48 bits per heavy atom. The Kier molecular flexibility index (Phi) is 7.29. The predicted molar refractivity (Wildman–Crippen MR) is 88.7 cm³/mol. The lowest BCUT2D eigenvalue weighted by Gasteiger charge is -2.12. The SMILES string of the molecule is C=CC(/C=N/NC1C=CC=C(NC=O)C=C1C)=C\C=C/C. The molecule has 0 radical (unpaired) electrons. The predicted octanol–water partition coefficient (Wildman–Crippen LogP) is 2.76. The van der Waals surface area contributed by atoms with Crippen molar-refractivity contribution >= 4 is 12.6 Å². The van der Waals surface area contributed by atoms with Gasteiger partial charge in [0.2, 0.25) is 6.41 Å². The first-order valence-corrected chi connectivity index (χ1v) is 6.72. The van der Waals surface area contributed by atoms with E-state index in [1.165, 1.54) is 0 Å². The van der Waals surface area contributed by atoms with Gasteiger partial charge in [-0.15, -0.1) is 0 Å². The van der Waals surface area contributed by atoms with Crippen LogP contribution in [-0.2, 0) is 4.79 Å². The van der Waals surface area contributed by atoms with Crippen molar-refractivity contribution in [3.8, 4) is 0 Å². The molecule has 0 fully saturated rings. The summed E-state index contributed by atoms with van der Waals surface area (Å²) in [5.74, 6) is 0. The van der Waals surface area contributed by atoms with E-state index in [1.54, 1.807) is 12.3 Å². The van der Waals surface area contributed by atoms with Gasteiger partial charge < -0.3 is 5.32 Å². The highest BCUT2D eigenvalue weighted by atomic mass is 16.1. The molecule has 4 nitrogen and oxygen atoms in total. The molecule has 0 bridgehead atoms. The Balaban J connectivity index is 2.70. The number of nitrogens with zero attached hydrogens (tertiary/aromatic N) is 1. The van der Waals surface area contributed by atoms with E-state index in [-0.39, 0.29) is 6.04 Å². The van der Waals surface area contributed by atoms with Crippen molar-refractivity contribution in [1.29, 1.82) is 0 Å². The van der Waals surface area contributed by atoms with Crippen molar-refractivity contribution in [3.05, 3.63) is 72.0 Å². The third-order valence-corrected chi connectivity index (χ3v) is 2.82. The standard InChI is InChI=1S/C17H21N3O/c1-4-6-8-15(5-2)12-19-20-17-10-7-9-16(18-13-21)11-14(17)3/h4-13,17,20H,2H2,1,3H3,(H,18,21)/b6-4-,15-8+,19-12+. The van der Waals surface area contributed by atoms with Crippen molar-refractivity contribution in [2.75, 3.05) is 0 Å². The first-order valence-electron chi connectivity index (χ1n) is 6.72. The number of hydrogen-bond acceptors (Lipinski definition) is 3. The van der Waals surface area contributed by atoms with Gasteiger partial charge in [-0.1, -0.05) is 43.0 Å². The van der Waals surface area contributed by atoms with Crippen LogP contribution < -0.4 is 10.7 Å². The highest BCUT2D eigenvalue weighted by Crippen LogP contribution is 2.10. The number of allylic oxidation sites excluding steroid dienone is 8. The lowest BCUT2D eigenvalue weighted by Crippen LogP contribution is -2.23. The van der Waals surface area contributed by atoms with Crippen molar-refractivity contribution in [2.45, 2.75) is 19.9 Å². The Morgan fingerprint density at radius 2 is 2.29 bits per heavy atom. The quantitative estimate of drug-likeness (QED) is 0.327. The summed E-state index contributed by atoms with van der Waals surface area (Å²) in [6.07, 6.45) is 17.5. The van der Waals surface area contributed by atoms with Gasteiger partial charge in [0, 0.05) is 5.70 Å². The van der Waals surface area contributed by atoms with Crippen LogP contribution in [0.15, 0.2) is 77.1 Å². The monoisotopic (exact) mass is 283 g/mol. The molecule has 21 heavy (non-hydrogen) atoms. The molecule has 110 valence electrons. The van der Waals surface area contributed by atoms with Gasteiger partial charge in [-0.2, -0.15) is 5.10 Å². The molecule has 1 atom stereocenters. The molecule has 1 unspecified atom stereocenters. The molecule has 0 spiro atoms. The van der Waals surface area contributed by atoms with E-state index in [0.717, 1.165) is 16.8 Å². The van der Waals surface area contributed by atoms with Crippen LogP contribution >= 0.6 is 0 Å². The lowest BCUT2D eigenvalue weighted by atomic mass is 10.1. The molecule has 0 aromatic carbocycles. The van der Waals surface area contributed by atoms with Gasteiger partial charge in [0.15, 0.2) is 0 Å². The largest absolute Gasteiger partial charge is 0.329 e. The van der Waals surface area contributed by atoms with Gasteiger partial charge in [0.25, 0.3) is 0 Å². The number of carbonyl (C=O) groups excluding carboxylic acids is 1. The van der Waals surface area contributed by atoms with Crippen molar-refractivity contribution in [3.63, 3.8) is 0 Å². The Morgan fingerprint density at radius 3 is 2.95 bits per heavy atom. The average molecular weight is 283 g/mol. The van der Waals surface area contributed by atoms with Crippen LogP contribution in [0.5, 0.6) is 0 Å². The summed E-state index contributed by atoms with van der Waals surface area (Å²) in [6.45, 7) is 7.68. The molecule has 0 aromatic heterocycles. The lowest BCUT2D eigenvalue weighted by molar-refractivity contribution is -0.108. The zero-order valence-corrected chi connectivity index (χ0v) is 12.4. The second-order valence-corrected chi connectivity index (χ2v) is 4.42. The van der Waals surface area contributed by atoms with Crippen molar-refractivity contribution in [2.24, 2.45) is 5.10 Å². The summed E-state index contributed by atoms with van der Waals surface area (Å²) >= 11 is 0. The van der Waals surface area contributed by atoms with E-state index in [2.05, 4.69) is 22.4 Å². The molecule has 0 aliphatic heterocycles. The first kappa shape index (κ1) is 16.4. The van der Waals surface area contributed by atoms with Gasteiger partial charge in [0.05, 0.1) is 12.3 Å². The number of rotatable bonds is 7. The van der Waals surface area contributed by atoms with Gasteiger partial charge in [-0.05, 0) is 37.1 Å². The molecule has 1 aliphatic rings. The Labute approximate surface area is 126 Å². The van der Waals surface area contributed by atoms with E-state index in [1.807, 2.05) is 56.4 Å². The van der Waals surface area contributed by atoms with Crippen molar-refractivity contribution in [1.82, 2.24) is 10.7 Å². The van der Waals surface area contributed by atoms with Crippen LogP contribution in [-0.4, -0.2) is 18.7 Å². The second kappa shape index (κ2) is 9.31. The topological polar surface area (TPSA) is 53.5 Å². The molecule has 0 saturated heterocycles. The molecule has 0 saturated carbocycles. The summed E-state index contributed by atoms with van der Waals surface area (Å²) in [5.41, 5.74) is 5.80. The number of carbonyl (C=O) groups is 1. The van der Waals surface area contributed by atoms with Crippen LogP contribution in [0, 0.1) is 0 Å². The third kappa shape index (κ3) is 5.91. The molecule has 1 amide bonds. The van der Waals surface area contributed by atoms with Crippen LogP contribution in [0.3, 0.4) is 0 Å². The normalized spacial score (nSPS) is 19.1. The number of nitrogens with one attached hydrogen (secondary N) is 2. The zero-order chi connectivity index (χ0) is 15.5. The minimum Gasteiger partial charge on any atom is -0.329 e. The van der Waals surface area contributed by atoms with E-state index >= 15 is 0 Å². The second-order valence-electron chi connectivity index (χ2n) is 4.42. The summed E-state index contributed by atoms with van der Waals surface area (Å²) in [6, 6.07) is -0.0174. The van der Waals surface area contributed by atoms with E-state index in [9.17, 15) is 4.79 Å². The van der Waals surface area contributed by atoms with Gasteiger partial charge in [-0.25, -0.2) is 0 Å². The van der Waals surface area contributed by atoms with Gasteiger partial charge >= 0.3 is 0 Å². The van der Waals surface area contributed by atoms with E-state index in [4.69, 9.17) is 0 Å². The van der Waals surface area contributed by atoms with Crippen molar-refractivity contribution < 1.29 is 4.79 Å². The summed E-state index contributed by atoms with van der Waals surface area (Å²) < 4.78 is 0. The Bertz CT molecular complexity index is 548. The number of amides is 1. The highest BCUT2D eigenvalue weighted by molar-refractivity contribution is 5.82. The molecular formula is C17H21N3O. The van der Waals surface area contributed by atoms with Crippen LogP contribution in [0.25, 0.3) is 0 Å². The maximum atomic E-state index is 10.5. The molecule has 1 aliphatic carbocycles. The summed E-state index contributed by atoms with van der Waals surface area (Å²) in [7, 11) is 0. The molecule has 4 heteroatoms. The fourth-order valence-corrected chi connectivity index (χ4v) is 1.67. The maximum absolute atomic E-state index is 10.5. The third-order valence-electron chi connectivity index (χ3n) is 2.82. The fraction of sp³-hybridized carbons (Fsp3) is 0.176. The zero-order valence-electron chi connectivity index (χ0n) is 12.4. The molecule has 1 rings (SSSR count). The van der Waals surface area contributed by atoms with Crippen LogP contribution in [0.1, 0.15) is 13.8 Å². The van der Waals surface area contributed by atoms with Gasteiger partial charge in [0.1, 0.15) is 0 Å². The van der Waals surface area contributed by atoms with E-state index < -0.39 is 0 Å². The first-order chi connectivity index (χ1) is 10.2. The highest BCUT2D eigenvalue weighted by Gasteiger charge is 2.08. The maximum Gasteiger partial charge on any atom is 0.211 e. The summed E-state index contributed by atoms with van der Waals surface area (Å²) in [4.78, 5) is 10.5. The Hall–Kier alpha value is -2.62. The molecule has 0 heterocycles. The minimum atomic E-state index is -0.0174. The van der Waals surface area contributed by atoms with Crippen LogP contribution in [0.2, 0.25) is 0 Å². The number of hydrazone groups is 1. The van der Waals surface area contributed by atoms with E-state index in [0.29, 0.717) is 6.41 Å². The average Bonchev–Trinajstić information content (AvgIpc) is 2.65. The van der Waals surface area contributed by atoms with Crippen LogP contribution in [0.4, 0.5) is 0 Å². The fourth-order valence-electron chi connectivity index (χ4n) is 1.67. The molecule has 2 N–H and O–H groups in total. The minimum absolute atomic E-state index is 0.0174. The smallest absolute Gasteiger partial charge is 0.211 e. The molecule has 0 aromatic rings. The molecular weight excluding hydrogens is 262 g/mol. The number of hydrogen-bond donors (Lipinski definition) is 2. The van der Waals surface area contributed by atoms with Gasteiger partial charge in [-0.3, -0.25) is 10.2 Å². The summed E-state index contributed by atoms with van der Waals surface area (Å²) in [5, 5.41) is 6.87.